The lowest BCUT2D eigenvalue weighted by Crippen LogP contribution is -2.12. The van der Waals surface area contributed by atoms with Crippen molar-refractivity contribution in [1.82, 2.24) is 4.98 Å². The van der Waals surface area contributed by atoms with Crippen LogP contribution in [-0.2, 0) is 4.74 Å². The van der Waals surface area contributed by atoms with Gasteiger partial charge < -0.3 is 9.15 Å². The molecular formula is C22H18N2O4S. The third-order valence-electron chi connectivity index (χ3n) is 4.49. The number of amides is 1. The minimum Gasteiger partial charge on any atom is -0.465 e. The summed E-state index contributed by atoms with van der Waals surface area (Å²) in [5, 5.41) is 3.36. The summed E-state index contributed by atoms with van der Waals surface area (Å²) >= 11 is 1.42. The molecule has 0 saturated carbocycles. The Balaban J connectivity index is 1.83. The molecule has 7 heteroatoms. The summed E-state index contributed by atoms with van der Waals surface area (Å²) in [7, 11) is 1.31. The number of carbonyl (C=O) groups is 2. The summed E-state index contributed by atoms with van der Waals surface area (Å²) < 4.78 is 11.7. The van der Waals surface area contributed by atoms with Crippen molar-refractivity contribution in [2.75, 3.05) is 12.4 Å². The van der Waals surface area contributed by atoms with Gasteiger partial charge in [0.15, 0.2) is 0 Å². The van der Waals surface area contributed by atoms with E-state index in [1.807, 2.05) is 43.3 Å². The van der Waals surface area contributed by atoms with E-state index in [1.54, 1.807) is 19.1 Å². The van der Waals surface area contributed by atoms with Crippen LogP contribution in [0.2, 0.25) is 0 Å². The third kappa shape index (κ3) is 3.52. The minimum atomic E-state index is -0.545. The number of benzene rings is 2. The van der Waals surface area contributed by atoms with Crippen LogP contribution in [0.25, 0.3) is 20.8 Å². The van der Waals surface area contributed by atoms with Crippen LogP contribution in [0.15, 0.2) is 52.9 Å². The fourth-order valence-corrected chi connectivity index (χ4v) is 4.14. The lowest BCUT2D eigenvalue weighted by molar-refractivity contribution is 0.0599. The standard InChI is InChI=1S/C22H18N2O4S/c1-12-7-6-8-14(11-12)19(25)24-20-18(17(13(2)28-20)22(26)27-3)21-23-15-9-4-5-10-16(15)29-21/h4-11H,1-3H3,(H,24,25). The largest absolute Gasteiger partial charge is 0.465 e. The smallest absolute Gasteiger partial charge is 0.342 e. The van der Waals surface area contributed by atoms with Crippen molar-refractivity contribution in [3.8, 4) is 10.6 Å². The normalized spacial score (nSPS) is 10.9. The number of rotatable bonds is 4. The lowest BCUT2D eigenvalue weighted by atomic mass is 10.1. The summed E-state index contributed by atoms with van der Waals surface area (Å²) in [6.45, 7) is 3.57. The van der Waals surface area contributed by atoms with Gasteiger partial charge in [0.1, 0.15) is 16.3 Å². The van der Waals surface area contributed by atoms with Crippen LogP contribution in [0.5, 0.6) is 0 Å². The molecule has 0 atom stereocenters. The van der Waals surface area contributed by atoms with Crippen molar-refractivity contribution in [2.45, 2.75) is 13.8 Å². The van der Waals surface area contributed by atoms with E-state index < -0.39 is 5.97 Å². The van der Waals surface area contributed by atoms with Gasteiger partial charge in [-0.3, -0.25) is 10.1 Å². The molecule has 1 N–H and O–H groups in total. The molecule has 146 valence electrons. The Bertz CT molecular complexity index is 1210. The van der Waals surface area contributed by atoms with Gasteiger partial charge in [-0.25, -0.2) is 9.78 Å². The average Bonchev–Trinajstić information content (AvgIpc) is 3.27. The first-order valence-electron chi connectivity index (χ1n) is 8.93. The summed E-state index contributed by atoms with van der Waals surface area (Å²) in [5.74, 6) is -0.350. The average molecular weight is 406 g/mol. The Morgan fingerprint density at radius 2 is 1.90 bits per heavy atom. The van der Waals surface area contributed by atoms with Crippen LogP contribution < -0.4 is 5.32 Å². The number of ether oxygens (including phenoxy) is 1. The maximum absolute atomic E-state index is 12.8. The van der Waals surface area contributed by atoms with Crippen LogP contribution in [-0.4, -0.2) is 24.0 Å². The number of nitrogens with zero attached hydrogens (tertiary/aromatic N) is 1. The number of esters is 1. The van der Waals surface area contributed by atoms with Gasteiger partial charge in [-0.15, -0.1) is 11.3 Å². The molecule has 0 bridgehead atoms. The first-order chi connectivity index (χ1) is 14.0. The maximum Gasteiger partial charge on any atom is 0.342 e. The molecule has 0 fully saturated rings. The molecule has 29 heavy (non-hydrogen) atoms. The molecule has 0 aliphatic carbocycles. The van der Waals surface area contributed by atoms with Crippen LogP contribution in [0.3, 0.4) is 0 Å². The molecule has 6 nitrogen and oxygen atoms in total. The molecule has 1 amide bonds. The number of hydrogen-bond donors (Lipinski definition) is 1. The number of methoxy groups -OCH3 is 1. The number of aromatic nitrogens is 1. The predicted octanol–water partition coefficient (Wildman–Crippen LogP) is 5.21. The molecule has 0 radical (unpaired) electrons. The van der Waals surface area contributed by atoms with Gasteiger partial charge in [-0.1, -0.05) is 29.8 Å². The fraction of sp³-hybridized carbons (Fsp3) is 0.136. The van der Waals surface area contributed by atoms with Crippen molar-refractivity contribution < 1.29 is 18.7 Å². The zero-order valence-electron chi connectivity index (χ0n) is 16.1. The SMILES string of the molecule is COC(=O)c1c(C)oc(NC(=O)c2cccc(C)c2)c1-c1nc2ccccc2s1. The van der Waals surface area contributed by atoms with Crippen LogP contribution >= 0.6 is 11.3 Å². The number of hydrogen-bond acceptors (Lipinski definition) is 6. The number of fused-ring (bicyclic) bond motifs is 1. The molecule has 2 aromatic carbocycles. The highest BCUT2D eigenvalue weighted by atomic mass is 32.1. The molecule has 0 unspecified atom stereocenters. The lowest BCUT2D eigenvalue weighted by Gasteiger charge is -2.05. The molecule has 4 aromatic rings. The summed E-state index contributed by atoms with van der Waals surface area (Å²) in [6, 6.07) is 14.9. The molecule has 2 heterocycles. The molecular weight excluding hydrogens is 388 g/mol. The minimum absolute atomic E-state index is 0.175. The monoisotopic (exact) mass is 406 g/mol. The molecule has 4 rings (SSSR count). The van der Waals surface area contributed by atoms with E-state index in [0.717, 1.165) is 15.8 Å². The van der Waals surface area contributed by atoms with Crippen molar-refractivity contribution >= 4 is 39.3 Å². The van der Waals surface area contributed by atoms with E-state index >= 15 is 0 Å². The second-order valence-electron chi connectivity index (χ2n) is 6.54. The summed E-state index contributed by atoms with van der Waals surface area (Å²) in [4.78, 5) is 29.8. The van der Waals surface area contributed by atoms with Gasteiger partial charge in [0.05, 0.1) is 22.9 Å². The Morgan fingerprint density at radius 1 is 1.10 bits per heavy atom. The van der Waals surface area contributed by atoms with Crippen molar-refractivity contribution in [3.05, 3.63) is 71.0 Å². The highest BCUT2D eigenvalue weighted by molar-refractivity contribution is 7.21. The summed E-state index contributed by atoms with van der Waals surface area (Å²) in [6.07, 6.45) is 0. The second kappa shape index (κ2) is 7.52. The number of para-hydroxylation sites is 1. The molecule has 2 aromatic heterocycles. The van der Waals surface area contributed by atoms with Crippen molar-refractivity contribution in [2.24, 2.45) is 0 Å². The van der Waals surface area contributed by atoms with Gasteiger partial charge in [0, 0.05) is 5.56 Å². The van der Waals surface area contributed by atoms with Gasteiger partial charge >= 0.3 is 5.97 Å². The highest BCUT2D eigenvalue weighted by Crippen LogP contribution is 2.40. The van der Waals surface area contributed by atoms with Crippen LogP contribution in [0.4, 0.5) is 5.88 Å². The molecule has 0 saturated heterocycles. The Labute approximate surface area is 171 Å². The third-order valence-corrected chi connectivity index (χ3v) is 5.54. The van der Waals surface area contributed by atoms with Gasteiger partial charge in [-0.05, 0) is 38.1 Å². The Kier molecular flexibility index (Phi) is 4.90. The van der Waals surface area contributed by atoms with E-state index in [9.17, 15) is 9.59 Å². The zero-order valence-corrected chi connectivity index (χ0v) is 16.9. The first kappa shape index (κ1) is 18.9. The van der Waals surface area contributed by atoms with Gasteiger partial charge in [-0.2, -0.15) is 0 Å². The Morgan fingerprint density at radius 3 is 2.62 bits per heavy atom. The topological polar surface area (TPSA) is 81.4 Å². The number of anilines is 1. The first-order valence-corrected chi connectivity index (χ1v) is 9.75. The van der Waals surface area contributed by atoms with Crippen molar-refractivity contribution in [1.29, 1.82) is 0 Å². The number of thiazole rings is 1. The van der Waals surface area contributed by atoms with Crippen molar-refractivity contribution in [3.63, 3.8) is 0 Å². The molecule has 0 aliphatic heterocycles. The van der Waals surface area contributed by atoms with Gasteiger partial charge in [0.25, 0.3) is 5.91 Å². The number of aryl methyl sites for hydroxylation is 2. The maximum atomic E-state index is 12.8. The second-order valence-corrected chi connectivity index (χ2v) is 7.57. The van der Waals surface area contributed by atoms with E-state index in [0.29, 0.717) is 21.9 Å². The highest BCUT2D eigenvalue weighted by Gasteiger charge is 2.29. The van der Waals surface area contributed by atoms with Crippen LogP contribution in [0.1, 0.15) is 32.0 Å². The van der Waals surface area contributed by atoms with E-state index in [4.69, 9.17) is 9.15 Å². The molecule has 0 spiro atoms. The van der Waals surface area contributed by atoms with Gasteiger partial charge in [0.2, 0.25) is 5.88 Å². The fourth-order valence-electron chi connectivity index (χ4n) is 3.13. The van der Waals surface area contributed by atoms with E-state index in [2.05, 4.69) is 10.3 Å². The van der Waals surface area contributed by atoms with E-state index in [1.165, 1.54) is 18.4 Å². The number of nitrogens with one attached hydrogen (secondary N) is 1. The van der Waals surface area contributed by atoms with Crippen LogP contribution in [0, 0.1) is 13.8 Å². The molecule has 0 aliphatic rings. The number of carbonyl (C=O) groups excluding carboxylic acids is 2. The Hall–Kier alpha value is -3.45. The zero-order chi connectivity index (χ0) is 20.5. The quantitative estimate of drug-likeness (QED) is 0.470. The van der Waals surface area contributed by atoms with E-state index in [-0.39, 0.29) is 17.4 Å². The summed E-state index contributed by atoms with van der Waals surface area (Å²) in [5.41, 5.74) is 2.95. The number of furan rings is 1. The predicted molar refractivity (Wildman–Crippen MR) is 113 cm³/mol.